The quantitative estimate of drug-likeness (QED) is 0.879. The number of amides is 1. The molecular formula is C15H18N2O. The minimum atomic E-state index is 0.0189. The Bertz CT molecular complexity index is 526. The summed E-state index contributed by atoms with van der Waals surface area (Å²) >= 11 is 0. The minimum Gasteiger partial charge on any atom is -0.357 e. The van der Waals surface area contributed by atoms with Gasteiger partial charge < -0.3 is 9.88 Å². The zero-order chi connectivity index (χ0) is 13.0. The lowest BCUT2D eigenvalue weighted by molar-refractivity contribution is -0.115. The zero-order valence-electron chi connectivity index (χ0n) is 10.8. The molecule has 3 nitrogen and oxygen atoms in total. The molecular weight excluding hydrogens is 224 g/mol. The summed E-state index contributed by atoms with van der Waals surface area (Å²) in [6.07, 6.45) is 5.33. The van der Waals surface area contributed by atoms with Gasteiger partial charge in [-0.1, -0.05) is 19.1 Å². The number of carbonyl (C=O) groups excluding carboxylic acids is 1. The molecule has 18 heavy (non-hydrogen) atoms. The molecule has 0 radical (unpaired) electrons. The third-order valence-electron chi connectivity index (χ3n) is 2.90. The normalized spacial score (nSPS) is 10.3. The maximum atomic E-state index is 11.8. The molecule has 0 bridgehead atoms. The van der Waals surface area contributed by atoms with E-state index >= 15 is 0 Å². The van der Waals surface area contributed by atoms with Crippen molar-refractivity contribution in [2.45, 2.75) is 19.8 Å². The SMILES string of the molecule is CCc1ccc(NC(=O)Cc2ccn(C)c2)cc1. The number of hydrogen-bond donors (Lipinski definition) is 1. The van der Waals surface area contributed by atoms with Gasteiger partial charge in [-0.2, -0.15) is 0 Å². The summed E-state index contributed by atoms with van der Waals surface area (Å²) in [6.45, 7) is 2.11. The van der Waals surface area contributed by atoms with Gasteiger partial charge in [-0.25, -0.2) is 0 Å². The highest BCUT2D eigenvalue weighted by molar-refractivity contribution is 5.92. The Kier molecular flexibility index (Phi) is 3.82. The highest BCUT2D eigenvalue weighted by Gasteiger charge is 2.04. The van der Waals surface area contributed by atoms with Crippen molar-refractivity contribution < 1.29 is 4.79 Å². The van der Waals surface area contributed by atoms with Crippen LogP contribution in [-0.4, -0.2) is 10.5 Å². The molecule has 94 valence electrons. The van der Waals surface area contributed by atoms with Gasteiger partial charge in [0.2, 0.25) is 5.91 Å². The van der Waals surface area contributed by atoms with Crippen LogP contribution in [0.5, 0.6) is 0 Å². The van der Waals surface area contributed by atoms with E-state index in [-0.39, 0.29) is 5.91 Å². The second kappa shape index (κ2) is 5.54. The largest absolute Gasteiger partial charge is 0.357 e. The summed E-state index contributed by atoms with van der Waals surface area (Å²) in [5, 5.41) is 2.90. The van der Waals surface area contributed by atoms with Crippen molar-refractivity contribution in [3.63, 3.8) is 0 Å². The summed E-state index contributed by atoms with van der Waals surface area (Å²) in [5.41, 5.74) is 3.16. The highest BCUT2D eigenvalue weighted by atomic mass is 16.1. The third-order valence-corrected chi connectivity index (χ3v) is 2.90. The van der Waals surface area contributed by atoms with Crippen LogP contribution in [0.3, 0.4) is 0 Å². The molecule has 0 saturated heterocycles. The Morgan fingerprint density at radius 3 is 2.44 bits per heavy atom. The third kappa shape index (κ3) is 3.23. The average Bonchev–Trinajstić information content (AvgIpc) is 2.75. The lowest BCUT2D eigenvalue weighted by atomic mass is 10.1. The summed E-state index contributed by atoms with van der Waals surface area (Å²) in [4.78, 5) is 11.8. The number of benzene rings is 1. The van der Waals surface area contributed by atoms with E-state index in [0.29, 0.717) is 6.42 Å². The zero-order valence-corrected chi connectivity index (χ0v) is 10.8. The summed E-state index contributed by atoms with van der Waals surface area (Å²) in [7, 11) is 1.95. The molecule has 0 spiro atoms. The monoisotopic (exact) mass is 242 g/mol. The molecule has 0 atom stereocenters. The van der Waals surface area contributed by atoms with Gasteiger partial charge >= 0.3 is 0 Å². The van der Waals surface area contributed by atoms with Gasteiger partial charge in [-0.3, -0.25) is 4.79 Å². The molecule has 0 unspecified atom stereocenters. The fraction of sp³-hybridized carbons (Fsp3) is 0.267. The molecule has 0 aliphatic carbocycles. The molecule has 1 amide bonds. The van der Waals surface area contributed by atoms with Crippen molar-refractivity contribution in [2.24, 2.45) is 7.05 Å². The fourth-order valence-electron chi connectivity index (χ4n) is 1.88. The van der Waals surface area contributed by atoms with Crippen LogP contribution >= 0.6 is 0 Å². The van der Waals surface area contributed by atoms with Gasteiger partial charge in [0, 0.05) is 25.1 Å². The summed E-state index contributed by atoms with van der Waals surface area (Å²) in [6, 6.07) is 9.93. The van der Waals surface area contributed by atoms with Crippen LogP contribution in [0.15, 0.2) is 42.7 Å². The first kappa shape index (κ1) is 12.4. The van der Waals surface area contributed by atoms with Gasteiger partial charge in [0.05, 0.1) is 6.42 Å². The number of carbonyl (C=O) groups is 1. The van der Waals surface area contributed by atoms with Crippen LogP contribution in [0, 0.1) is 0 Å². The van der Waals surface area contributed by atoms with E-state index < -0.39 is 0 Å². The molecule has 0 aliphatic rings. The van der Waals surface area contributed by atoms with Crippen LogP contribution in [0.25, 0.3) is 0 Å². The molecule has 1 heterocycles. The van der Waals surface area contributed by atoms with Gasteiger partial charge in [0.25, 0.3) is 0 Å². The van der Waals surface area contributed by atoms with Gasteiger partial charge in [-0.05, 0) is 35.7 Å². The Morgan fingerprint density at radius 1 is 1.17 bits per heavy atom. The van der Waals surface area contributed by atoms with E-state index in [1.807, 2.05) is 54.3 Å². The smallest absolute Gasteiger partial charge is 0.228 e. The summed E-state index contributed by atoms with van der Waals surface area (Å²) < 4.78 is 1.94. The van der Waals surface area contributed by atoms with E-state index in [1.54, 1.807) is 0 Å². The standard InChI is InChI=1S/C15H18N2O/c1-3-12-4-6-14(7-5-12)16-15(18)10-13-8-9-17(2)11-13/h4-9,11H,3,10H2,1-2H3,(H,16,18). The van der Waals surface area contributed by atoms with Crippen LogP contribution in [0.1, 0.15) is 18.1 Å². The van der Waals surface area contributed by atoms with Gasteiger partial charge in [-0.15, -0.1) is 0 Å². The van der Waals surface area contributed by atoms with E-state index in [9.17, 15) is 4.79 Å². The van der Waals surface area contributed by atoms with Crippen molar-refractivity contribution in [1.82, 2.24) is 4.57 Å². The van der Waals surface area contributed by atoms with Crippen molar-refractivity contribution >= 4 is 11.6 Å². The molecule has 3 heteroatoms. The molecule has 1 aromatic heterocycles. The maximum Gasteiger partial charge on any atom is 0.228 e. The van der Waals surface area contributed by atoms with E-state index in [4.69, 9.17) is 0 Å². The van der Waals surface area contributed by atoms with Crippen LogP contribution in [0.2, 0.25) is 0 Å². The number of nitrogens with zero attached hydrogens (tertiary/aromatic N) is 1. The molecule has 1 aromatic carbocycles. The second-order valence-corrected chi connectivity index (χ2v) is 4.46. The Morgan fingerprint density at radius 2 is 1.89 bits per heavy atom. The first-order valence-electron chi connectivity index (χ1n) is 6.17. The lowest BCUT2D eigenvalue weighted by Crippen LogP contribution is -2.14. The van der Waals surface area contributed by atoms with E-state index in [0.717, 1.165) is 17.7 Å². The Balaban J connectivity index is 1.94. The first-order chi connectivity index (χ1) is 8.67. The Labute approximate surface area is 107 Å². The minimum absolute atomic E-state index is 0.0189. The molecule has 2 rings (SSSR count). The highest BCUT2D eigenvalue weighted by Crippen LogP contribution is 2.11. The predicted octanol–water partition coefficient (Wildman–Crippen LogP) is 2.77. The van der Waals surface area contributed by atoms with Crippen molar-refractivity contribution in [1.29, 1.82) is 0 Å². The number of aromatic nitrogens is 1. The Hall–Kier alpha value is -2.03. The van der Waals surface area contributed by atoms with E-state index in [2.05, 4.69) is 12.2 Å². The van der Waals surface area contributed by atoms with Gasteiger partial charge in [0.15, 0.2) is 0 Å². The lowest BCUT2D eigenvalue weighted by Gasteiger charge is -2.05. The topological polar surface area (TPSA) is 34.0 Å². The van der Waals surface area contributed by atoms with Crippen LogP contribution in [-0.2, 0) is 24.7 Å². The number of hydrogen-bond acceptors (Lipinski definition) is 1. The number of anilines is 1. The van der Waals surface area contributed by atoms with Crippen LogP contribution < -0.4 is 5.32 Å². The summed E-state index contributed by atoms with van der Waals surface area (Å²) in [5.74, 6) is 0.0189. The first-order valence-corrected chi connectivity index (χ1v) is 6.17. The van der Waals surface area contributed by atoms with Gasteiger partial charge in [0.1, 0.15) is 0 Å². The molecule has 2 aromatic rings. The predicted molar refractivity (Wildman–Crippen MR) is 73.6 cm³/mol. The second-order valence-electron chi connectivity index (χ2n) is 4.46. The number of nitrogens with one attached hydrogen (secondary N) is 1. The van der Waals surface area contributed by atoms with Crippen molar-refractivity contribution in [2.75, 3.05) is 5.32 Å². The number of rotatable bonds is 4. The van der Waals surface area contributed by atoms with Crippen LogP contribution in [0.4, 0.5) is 5.69 Å². The van der Waals surface area contributed by atoms with Crippen molar-refractivity contribution in [3.05, 3.63) is 53.9 Å². The number of aryl methyl sites for hydroxylation is 2. The molecule has 1 N–H and O–H groups in total. The average molecular weight is 242 g/mol. The maximum absolute atomic E-state index is 11.8. The molecule has 0 saturated carbocycles. The van der Waals surface area contributed by atoms with Crippen molar-refractivity contribution in [3.8, 4) is 0 Å². The fourth-order valence-corrected chi connectivity index (χ4v) is 1.88. The van der Waals surface area contributed by atoms with E-state index in [1.165, 1.54) is 5.56 Å². The molecule has 0 fully saturated rings. The molecule has 0 aliphatic heterocycles.